The third kappa shape index (κ3) is 3.87. The minimum absolute atomic E-state index is 0.0979. The van der Waals surface area contributed by atoms with Gasteiger partial charge in [-0.1, -0.05) is 18.2 Å². The van der Waals surface area contributed by atoms with Crippen LogP contribution in [0.3, 0.4) is 0 Å². The summed E-state index contributed by atoms with van der Waals surface area (Å²) >= 11 is 0. The van der Waals surface area contributed by atoms with Crippen molar-refractivity contribution in [2.75, 3.05) is 7.11 Å². The second-order valence-corrected chi connectivity index (χ2v) is 8.10. The number of primary amides is 1. The number of benzene rings is 2. The van der Waals surface area contributed by atoms with E-state index in [1.165, 1.54) is 0 Å². The highest BCUT2D eigenvalue weighted by molar-refractivity contribution is 6.22. The normalized spacial score (nSPS) is 17.0. The molecule has 3 amide bonds. The number of methoxy groups -OCH3 is 1. The van der Waals surface area contributed by atoms with Gasteiger partial charge in [-0.05, 0) is 61.9 Å². The summed E-state index contributed by atoms with van der Waals surface area (Å²) in [4.78, 5) is 39.4. The molecule has 0 radical (unpaired) electrons. The Kier molecular flexibility index (Phi) is 5.67. The molecular weight excluding hydrogens is 396 g/mol. The van der Waals surface area contributed by atoms with Crippen LogP contribution < -0.4 is 15.2 Å². The lowest BCUT2D eigenvalue weighted by Crippen LogP contribution is -2.36. The van der Waals surface area contributed by atoms with E-state index < -0.39 is 23.8 Å². The number of ether oxygens (including phenoxy) is 2. The third-order valence-corrected chi connectivity index (χ3v) is 6.03. The van der Waals surface area contributed by atoms with E-state index in [9.17, 15) is 14.4 Å². The average Bonchev–Trinajstić information content (AvgIpc) is 3.33. The fraction of sp³-hybridized carbons (Fsp3) is 0.375. The minimum Gasteiger partial charge on any atom is -0.493 e. The summed E-state index contributed by atoms with van der Waals surface area (Å²) in [6.45, 7) is 1.79. The molecule has 1 aliphatic carbocycles. The van der Waals surface area contributed by atoms with E-state index in [1.807, 2.05) is 0 Å². The average molecular weight is 422 g/mol. The molecule has 1 aliphatic heterocycles. The number of fused-ring (bicyclic) bond motifs is 1. The van der Waals surface area contributed by atoms with Crippen molar-refractivity contribution in [1.82, 2.24) is 4.90 Å². The minimum atomic E-state index is -0.832. The Morgan fingerprint density at radius 1 is 1.13 bits per heavy atom. The molecule has 1 unspecified atom stereocenters. The second-order valence-electron chi connectivity index (χ2n) is 8.10. The maximum absolute atomic E-state index is 13.2. The van der Waals surface area contributed by atoms with Crippen molar-refractivity contribution in [3.8, 4) is 11.5 Å². The van der Waals surface area contributed by atoms with Crippen molar-refractivity contribution in [2.45, 2.75) is 51.2 Å². The Balaban J connectivity index is 1.73. The second kappa shape index (κ2) is 8.41. The van der Waals surface area contributed by atoms with E-state index in [0.29, 0.717) is 28.2 Å². The Labute approximate surface area is 181 Å². The molecule has 2 aromatic rings. The van der Waals surface area contributed by atoms with Crippen molar-refractivity contribution in [2.24, 2.45) is 5.73 Å². The Morgan fingerprint density at radius 2 is 1.87 bits per heavy atom. The molecule has 0 spiro atoms. The van der Waals surface area contributed by atoms with Crippen molar-refractivity contribution in [1.29, 1.82) is 0 Å². The fourth-order valence-corrected chi connectivity index (χ4v) is 4.48. The van der Waals surface area contributed by atoms with Gasteiger partial charge in [0.2, 0.25) is 5.91 Å². The molecule has 2 aromatic carbocycles. The lowest BCUT2D eigenvalue weighted by Gasteiger charge is -2.27. The van der Waals surface area contributed by atoms with Gasteiger partial charge >= 0.3 is 0 Å². The smallest absolute Gasteiger partial charge is 0.262 e. The van der Waals surface area contributed by atoms with Gasteiger partial charge in [-0.3, -0.25) is 19.3 Å². The fourth-order valence-electron chi connectivity index (χ4n) is 4.48. The lowest BCUT2D eigenvalue weighted by molar-refractivity contribution is -0.118. The predicted octanol–water partition coefficient (Wildman–Crippen LogP) is 3.54. The van der Waals surface area contributed by atoms with Gasteiger partial charge in [-0.2, -0.15) is 0 Å². The van der Waals surface area contributed by atoms with E-state index in [0.717, 1.165) is 36.1 Å². The van der Waals surface area contributed by atoms with Crippen LogP contribution in [-0.4, -0.2) is 35.8 Å². The van der Waals surface area contributed by atoms with Crippen LogP contribution in [0.4, 0.5) is 0 Å². The monoisotopic (exact) mass is 422 g/mol. The largest absolute Gasteiger partial charge is 0.493 e. The molecule has 7 nitrogen and oxygen atoms in total. The number of nitrogens with zero attached hydrogens (tertiary/aromatic N) is 1. The number of carbonyl (C=O) groups excluding carboxylic acids is 3. The van der Waals surface area contributed by atoms with Crippen molar-refractivity contribution in [3.05, 3.63) is 58.7 Å². The summed E-state index contributed by atoms with van der Waals surface area (Å²) in [5, 5.41) is 0. The topological polar surface area (TPSA) is 98.9 Å². The molecule has 1 saturated carbocycles. The number of rotatable bonds is 7. The maximum atomic E-state index is 13.2. The number of carbonyl (C=O) groups is 3. The molecular formula is C24H26N2O5. The number of hydrogen-bond donors (Lipinski definition) is 1. The summed E-state index contributed by atoms with van der Waals surface area (Å²) in [6, 6.07) is 9.56. The zero-order valence-electron chi connectivity index (χ0n) is 17.7. The molecule has 7 heteroatoms. The summed E-state index contributed by atoms with van der Waals surface area (Å²) in [6.07, 6.45) is 4.09. The van der Waals surface area contributed by atoms with Crippen molar-refractivity contribution in [3.63, 3.8) is 0 Å². The number of aryl methyl sites for hydroxylation is 1. The van der Waals surface area contributed by atoms with E-state index in [2.05, 4.69) is 0 Å². The highest BCUT2D eigenvalue weighted by Gasteiger charge is 2.42. The molecule has 1 fully saturated rings. The zero-order valence-corrected chi connectivity index (χ0v) is 17.7. The summed E-state index contributed by atoms with van der Waals surface area (Å²) < 4.78 is 11.6. The van der Waals surface area contributed by atoms with Gasteiger partial charge in [0, 0.05) is 0 Å². The highest BCUT2D eigenvalue weighted by atomic mass is 16.5. The van der Waals surface area contributed by atoms with Crippen LogP contribution >= 0.6 is 0 Å². The molecule has 2 N–H and O–H groups in total. The van der Waals surface area contributed by atoms with Crippen molar-refractivity contribution >= 4 is 17.7 Å². The molecule has 2 aliphatic rings. The van der Waals surface area contributed by atoms with Gasteiger partial charge in [0.25, 0.3) is 11.8 Å². The van der Waals surface area contributed by atoms with Gasteiger partial charge < -0.3 is 15.2 Å². The highest BCUT2D eigenvalue weighted by Crippen LogP contribution is 2.39. The number of imide groups is 1. The number of nitrogens with two attached hydrogens (primary N) is 1. The molecule has 0 saturated heterocycles. The maximum Gasteiger partial charge on any atom is 0.262 e. The van der Waals surface area contributed by atoms with E-state index in [-0.39, 0.29) is 12.5 Å². The SMILES string of the molecule is COc1ccc(C(CC(N)=O)N2C(=O)c3cccc(C)c3C2=O)cc1OC1CCCC1. The van der Waals surface area contributed by atoms with Crippen LogP contribution in [0.5, 0.6) is 11.5 Å². The molecule has 31 heavy (non-hydrogen) atoms. The first-order chi connectivity index (χ1) is 14.9. The van der Waals surface area contributed by atoms with E-state index in [4.69, 9.17) is 15.2 Å². The lowest BCUT2D eigenvalue weighted by atomic mass is 10.0. The summed E-state index contributed by atoms with van der Waals surface area (Å²) in [5.41, 5.74) is 7.54. The van der Waals surface area contributed by atoms with Gasteiger partial charge in [0.1, 0.15) is 0 Å². The van der Waals surface area contributed by atoms with E-state index >= 15 is 0 Å². The first-order valence-corrected chi connectivity index (χ1v) is 10.5. The Bertz CT molecular complexity index is 1040. The summed E-state index contributed by atoms with van der Waals surface area (Å²) in [5.74, 6) is -0.351. The van der Waals surface area contributed by atoms with Crippen LogP contribution in [0.25, 0.3) is 0 Å². The van der Waals surface area contributed by atoms with Gasteiger partial charge in [0.05, 0.1) is 36.8 Å². The quantitative estimate of drug-likeness (QED) is 0.688. The molecule has 0 bridgehead atoms. The summed E-state index contributed by atoms with van der Waals surface area (Å²) in [7, 11) is 1.56. The van der Waals surface area contributed by atoms with Gasteiger partial charge in [-0.15, -0.1) is 0 Å². The first-order valence-electron chi connectivity index (χ1n) is 10.5. The van der Waals surface area contributed by atoms with Crippen molar-refractivity contribution < 1.29 is 23.9 Å². The van der Waals surface area contributed by atoms with Gasteiger partial charge in [0.15, 0.2) is 11.5 Å². The third-order valence-electron chi connectivity index (χ3n) is 6.03. The molecule has 0 aromatic heterocycles. The Hall–Kier alpha value is -3.35. The number of hydrogen-bond acceptors (Lipinski definition) is 5. The van der Waals surface area contributed by atoms with Gasteiger partial charge in [-0.25, -0.2) is 0 Å². The standard InChI is InChI=1S/C24H26N2O5/c1-14-6-5-9-17-22(14)24(29)26(23(17)28)18(13-21(25)27)15-10-11-19(30-2)20(12-15)31-16-7-3-4-8-16/h5-6,9-12,16,18H,3-4,7-8,13H2,1-2H3,(H2,25,27). The molecule has 162 valence electrons. The molecule has 4 rings (SSSR count). The van der Waals surface area contributed by atoms with E-state index in [1.54, 1.807) is 50.4 Å². The molecule has 1 heterocycles. The number of amides is 3. The molecule has 1 atom stereocenters. The van der Waals surface area contributed by atoms with Crippen LogP contribution in [0.2, 0.25) is 0 Å². The zero-order chi connectivity index (χ0) is 22.1. The van der Waals surface area contributed by atoms with Crippen LogP contribution in [-0.2, 0) is 4.79 Å². The van der Waals surface area contributed by atoms with Crippen LogP contribution in [0.1, 0.15) is 70.0 Å². The van der Waals surface area contributed by atoms with Crippen LogP contribution in [0, 0.1) is 6.92 Å². The first kappa shape index (κ1) is 20.9. The van der Waals surface area contributed by atoms with Crippen LogP contribution in [0.15, 0.2) is 36.4 Å². The predicted molar refractivity (Wildman–Crippen MR) is 114 cm³/mol. The Morgan fingerprint density at radius 3 is 2.52 bits per heavy atom.